The molecule has 2 aliphatic heterocycles. The van der Waals surface area contributed by atoms with Crippen LogP contribution in [0.15, 0.2) is 53.5 Å². The minimum atomic E-state index is -0.668. The average Bonchev–Trinajstić information content (AvgIpc) is 3.13. The zero-order valence-corrected chi connectivity index (χ0v) is 15.6. The molecule has 3 aromatic rings. The Morgan fingerprint density at radius 2 is 2.07 bits per heavy atom. The van der Waals surface area contributed by atoms with Crippen LogP contribution < -0.4 is 15.1 Å². The molecule has 0 radical (unpaired) electrons. The molecule has 1 fully saturated rings. The number of rotatable bonds is 3. The lowest BCUT2D eigenvalue weighted by molar-refractivity contribution is 0.0471. The van der Waals surface area contributed by atoms with Gasteiger partial charge in [0, 0.05) is 12.7 Å². The van der Waals surface area contributed by atoms with Crippen molar-refractivity contribution in [2.45, 2.75) is 25.2 Å². The molecule has 0 spiro atoms. The van der Waals surface area contributed by atoms with Gasteiger partial charge in [0.15, 0.2) is 5.75 Å². The first kappa shape index (κ1) is 17.8. The second-order valence-electron chi connectivity index (χ2n) is 7.44. The molecule has 7 heteroatoms. The summed E-state index contributed by atoms with van der Waals surface area (Å²) in [7, 11) is 0. The molecule has 2 N–H and O–H groups in total. The highest BCUT2D eigenvalue weighted by Gasteiger charge is 2.37. The maximum absolute atomic E-state index is 12.9. The Bertz CT molecular complexity index is 1140. The second-order valence-corrected chi connectivity index (χ2v) is 7.44. The Labute approximate surface area is 166 Å². The van der Waals surface area contributed by atoms with Crippen molar-refractivity contribution < 1.29 is 19.4 Å². The number of carbonyl (C=O) groups excluding carboxylic acids is 1. The molecule has 0 bridgehead atoms. The number of esters is 1. The highest BCUT2D eigenvalue weighted by Crippen LogP contribution is 2.41. The van der Waals surface area contributed by atoms with Crippen molar-refractivity contribution in [3.8, 4) is 5.75 Å². The third kappa shape index (κ3) is 3.03. The SMILES string of the molecule is O=C(OCc1ccccc1)c1c[nH]c2c3c(ccc2c1=O)N1CC(O)CC1CO3. The highest BCUT2D eigenvalue weighted by atomic mass is 16.5. The predicted molar refractivity (Wildman–Crippen MR) is 107 cm³/mol. The molecule has 5 rings (SSSR count). The van der Waals surface area contributed by atoms with Gasteiger partial charge in [-0.3, -0.25) is 4.79 Å². The molecule has 2 atom stereocenters. The van der Waals surface area contributed by atoms with E-state index in [1.807, 2.05) is 36.4 Å². The van der Waals surface area contributed by atoms with Crippen molar-refractivity contribution in [3.63, 3.8) is 0 Å². The molecular weight excluding hydrogens is 372 g/mol. The fraction of sp³-hybridized carbons (Fsp3) is 0.273. The van der Waals surface area contributed by atoms with Crippen LogP contribution >= 0.6 is 0 Å². The van der Waals surface area contributed by atoms with Crippen LogP contribution in [0.1, 0.15) is 22.3 Å². The maximum atomic E-state index is 12.9. The number of pyridine rings is 1. The number of anilines is 1. The number of carbonyl (C=O) groups is 1. The maximum Gasteiger partial charge on any atom is 0.343 e. The number of aliphatic hydroxyl groups excluding tert-OH is 1. The first-order valence-corrected chi connectivity index (χ1v) is 9.59. The van der Waals surface area contributed by atoms with Crippen LogP contribution in [0, 0.1) is 0 Å². The smallest absolute Gasteiger partial charge is 0.343 e. The Kier molecular flexibility index (Phi) is 4.24. The number of H-pyrrole nitrogens is 1. The summed E-state index contributed by atoms with van der Waals surface area (Å²) < 4.78 is 11.2. The van der Waals surface area contributed by atoms with Crippen LogP contribution in [-0.4, -0.2) is 41.4 Å². The Morgan fingerprint density at radius 3 is 2.90 bits per heavy atom. The van der Waals surface area contributed by atoms with E-state index in [0.29, 0.717) is 36.2 Å². The highest BCUT2D eigenvalue weighted by molar-refractivity contribution is 5.97. The number of aromatic amines is 1. The van der Waals surface area contributed by atoms with E-state index in [1.165, 1.54) is 6.20 Å². The molecule has 1 aromatic heterocycles. The third-order valence-electron chi connectivity index (χ3n) is 5.54. The number of aromatic nitrogens is 1. The first-order valence-electron chi connectivity index (χ1n) is 9.59. The van der Waals surface area contributed by atoms with E-state index in [2.05, 4.69) is 9.88 Å². The van der Waals surface area contributed by atoms with Gasteiger partial charge < -0.3 is 24.5 Å². The van der Waals surface area contributed by atoms with Crippen molar-refractivity contribution in [1.29, 1.82) is 0 Å². The summed E-state index contributed by atoms with van der Waals surface area (Å²) >= 11 is 0. The first-order chi connectivity index (χ1) is 14.1. The van der Waals surface area contributed by atoms with Gasteiger partial charge in [-0.1, -0.05) is 30.3 Å². The van der Waals surface area contributed by atoms with Crippen molar-refractivity contribution in [1.82, 2.24) is 4.98 Å². The standard InChI is InChI=1S/C22H20N2O5/c25-15-8-14-12-28-21-18(24(14)10-15)7-6-16-19(21)23-9-17(20(16)26)22(27)29-11-13-4-2-1-3-5-13/h1-7,9,14-15,25H,8,10-12H2,(H,23,26). The van der Waals surface area contributed by atoms with Gasteiger partial charge in [0.05, 0.1) is 28.7 Å². The van der Waals surface area contributed by atoms with Gasteiger partial charge in [0.25, 0.3) is 0 Å². The Balaban J connectivity index is 1.47. The van der Waals surface area contributed by atoms with Gasteiger partial charge in [-0.2, -0.15) is 0 Å². The number of nitrogens with zero attached hydrogens (tertiary/aromatic N) is 1. The van der Waals surface area contributed by atoms with E-state index in [-0.39, 0.29) is 24.3 Å². The summed E-state index contributed by atoms with van der Waals surface area (Å²) in [6.07, 6.45) is 1.67. The normalized spacial score (nSPS) is 20.1. The van der Waals surface area contributed by atoms with Crippen LogP contribution in [0.5, 0.6) is 5.75 Å². The van der Waals surface area contributed by atoms with E-state index < -0.39 is 11.4 Å². The average molecular weight is 392 g/mol. The minimum absolute atomic E-state index is 0.0429. The van der Waals surface area contributed by atoms with Gasteiger partial charge in [0.2, 0.25) is 5.43 Å². The summed E-state index contributed by atoms with van der Waals surface area (Å²) in [5.74, 6) is -0.0903. The molecule has 2 aliphatic rings. The van der Waals surface area contributed by atoms with Gasteiger partial charge in [-0.05, 0) is 24.1 Å². The fourth-order valence-electron chi connectivity index (χ4n) is 4.11. The summed E-state index contributed by atoms with van der Waals surface area (Å²) in [4.78, 5) is 30.5. The quantitative estimate of drug-likeness (QED) is 0.664. The van der Waals surface area contributed by atoms with E-state index in [1.54, 1.807) is 6.07 Å². The van der Waals surface area contributed by atoms with E-state index in [4.69, 9.17) is 9.47 Å². The topological polar surface area (TPSA) is 91.9 Å². The van der Waals surface area contributed by atoms with Crippen molar-refractivity contribution >= 4 is 22.6 Å². The summed E-state index contributed by atoms with van der Waals surface area (Å²) in [5.41, 5.74) is 1.81. The number of aliphatic hydroxyl groups is 1. The molecule has 0 aliphatic carbocycles. The molecule has 1 saturated heterocycles. The lowest BCUT2D eigenvalue weighted by atomic mass is 10.1. The van der Waals surface area contributed by atoms with Crippen LogP contribution in [0.4, 0.5) is 5.69 Å². The molecule has 2 unspecified atom stereocenters. The van der Waals surface area contributed by atoms with E-state index >= 15 is 0 Å². The molecule has 148 valence electrons. The molecular formula is C22H20N2O5. The molecule has 0 amide bonds. The zero-order valence-electron chi connectivity index (χ0n) is 15.6. The van der Waals surface area contributed by atoms with E-state index in [0.717, 1.165) is 11.3 Å². The predicted octanol–water partition coefficient (Wildman–Crippen LogP) is 2.22. The fourth-order valence-corrected chi connectivity index (χ4v) is 4.11. The zero-order chi connectivity index (χ0) is 20.0. The van der Waals surface area contributed by atoms with Gasteiger partial charge in [-0.25, -0.2) is 4.79 Å². The van der Waals surface area contributed by atoms with Gasteiger partial charge >= 0.3 is 5.97 Å². The number of hydrogen-bond donors (Lipinski definition) is 2. The molecule has 0 saturated carbocycles. The van der Waals surface area contributed by atoms with Crippen LogP contribution in [-0.2, 0) is 11.3 Å². The Hall–Kier alpha value is -3.32. The third-order valence-corrected chi connectivity index (χ3v) is 5.54. The van der Waals surface area contributed by atoms with Crippen molar-refractivity contribution in [3.05, 3.63) is 70.0 Å². The second kappa shape index (κ2) is 6.93. The largest absolute Gasteiger partial charge is 0.487 e. The van der Waals surface area contributed by atoms with Crippen LogP contribution in [0.3, 0.4) is 0 Å². The minimum Gasteiger partial charge on any atom is -0.487 e. The van der Waals surface area contributed by atoms with Crippen molar-refractivity contribution in [2.24, 2.45) is 0 Å². The molecule has 2 aromatic carbocycles. The van der Waals surface area contributed by atoms with E-state index in [9.17, 15) is 14.7 Å². The summed E-state index contributed by atoms with van der Waals surface area (Å²) in [5, 5.41) is 10.3. The monoisotopic (exact) mass is 392 g/mol. The van der Waals surface area contributed by atoms with Crippen LogP contribution in [0.25, 0.3) is 10.9 Å². The number of hydrogen-bond acceptors (Lipinski definition) is 6. The molecule has 3 heterocycles. The summed E-state index contributed by atoms with van der Waals surface area (Å²) in [6, 6.07) is 12.9. The number of fused-ring (bicyclic) bond motifs is 5. The number of benzene rings is 2. The number of nitrogens with one attached hydrogen (secondary N) is 1. The molecule has 29 heavy (non-hydrogen) atoms. The lowest BCUT2D eigenvalue weighted by Crippen LogP contribution is -2.38. The Morgan fingerprint density at radius 1 is 1.24 bits per heavy atom. The lowest BCUT2D eigenvalue weighted by Gasteiger charge is -2.33. The number of ether oxygens (including phenoxy) is 2. The molecule has 7 nitrogen and oxygen atoms in total. The van der Waals surface area contributed by atoms with Gasteiger partial charge in [0.1, 0.15) is 18.8 Å². The van der Waals surface area contributed by atoms with Crippen LogP contribution in [0.2, 0.25) is 0 Å². The van der Waals surface area contributed by atoms with Gasteiger partial charge in [-0.15, -0.1) is 0 Å². The van der Waals surface area contributed by atoms with Crippen molar-refractivity contribution in [2.75, 3.05) is 18.1 Å². The summed E-state index contributed by atoms with van der Waals surface area (Å²) in [6.45, 7) is 1.09.